The topological polar surface area (TPSA) is 69.0 Å². The quantitative estimate of drug-likeness (QED) is 0.934. The van der Waals surface area contributed by atoms with Gasteiger partial charge in [-0.2, -0.15) is 5.10 Å². The highest BCUT2D eigenvalue weighted by Gasteiger charge is 2.17. The zero-order chi connectivity index (χ0) is 15.5. The van der Waals surface area contributed by atoms with Gasteiger partial charge in [0.25, 0.3) is 5.91 Å². The van der Waals surface area contributed by atoms with E-state index in [1.165, 1.54) is 0 Å². The Kier molecular flexibility index (Phi) is 4.20. The van der Waals surface area contributed by atoms with E-state index in [2.05, 4.69) is 15.4 Å². The number of rotatable bonds is 4. The number of aryl methyl sites for hydroxylation is 2. The van der Waals surface area contributed by atoms with Gasteiger partial charge in [0.2, 0.25) is 0 Å². The predicted octanol–water partition coefficient (Wildman–Crippen LogP) is 1.79. The first-order chi connectivity index (χ1) is 10.6. The van der Waals surface area contributed by atoms with Crippen molar-refractivity contribution in [1.29, 1.82) is 0 Å². The molecule has 1 saturated heterocycles. The normalized spacial score (nSPS) is 17.6. The fourth-order valence-electron chi connectivity index (χ4n) is 2.62. The first kappa shape index (κ1) is 14.7. The number of carbonyl (C=O) groups is 1. The van der Waals surface area contributed by atoms with E-state index < -0.39 is 0 Å². The van der Waals surface area contributed by atoms with Crippen molar-refractivity contribution in [3.05, 3.63) is 41.3 Å². The van der Waals surface area contributed by atoms with Gasteiger partial charge >= 0.3 is 0 Å². The Labute approximate surface area is 129 Å². The van der Waals surface area contributed by atoms with Crippen LogP contribution in [0.1, 0.15) is 34.6 Å². The fraction of sp³-hybridized carbons (Fsp3) is 0.438. The molecule has 3 rings (SSSR count). The molecule has 22 heavy (non-hydrogen) atoms. The van der Waals surface area contributed by atoms with Crippen LogP contribution in [0.2, 0.25) is 0 Å². The number of carbonyl (C=O) groups excluding carboxylic acids is 1. The van der Waals surface area contributed by atoms with Gasteiger partial charge in [0, 0.05) is 25.0 Å². The molecule has 0 aromatic carbocycles. The summed E-state index contributed by atoms with van der Waals surface area (Å²) < 4.78 is 7.26. The lowest BCUT2D eigenvalue weighted by Gasteiger charge is -2.11. The number of ether oxygens (including phenoxy) is 1. The minimum atomic E-state index is -0.122. The van der Waals surface area contributed by atoms with E-state index >= 15 is 0 Å². The molecule has 6 heteroatoms. The molecule has 1 aliphatic rings. The van der Waals surface area contributed by atoms with Crippen molar-refractivity contribution in [3.8, 4) is 5.82 Å². The Morgan fingerprint density at radius 2 is 2.32 bits per heavy atom. The van der Waals surface area contributed by atoms with E-state index in [9.17, 15) is 4.79 Å². The van der Waals surface area contributed by atoms with Gasteiger partial charge in [-0.3, -0.25) is 4.79 Å². The average Bonchev–Trinajstić information content (AvgIpc) is 3.14. The van der Waals surface area contributed by atoms with Crippen molar-refractivity contribution >= 4 is 5.91 Å². The molecule has 0 bridgehead atoms. The lowest BCUT2D eigenvalue weighted by atomic mass is 10.2. The van der Waals surface area contributed by atoms with Crippen LogP contribution in [-0.4, -0.2) is 39.9 Å². The molecule has 2 aromatic rings. The molecule has 116 valence electrons. The third kappa shape index (κ3) is 3.17. The monoisotopic (exact) mass is 300 g/mol. The number of nitrogens with zero attached hydrogens (tertiary/aromatic N) is 3. The van der Waals surface area contributed by atoms with Crippen LogP contribution in [0.5, 0.6) is 0 Å². The van der Waals surface area contributed by atoms with E-state index in [1.54, 1.807) is 23.0 Å². The van der Waals surface area contributed by atoms with Gasteiger partial charge in [0.05, 0.1) is 17.4 Å². The molecule has 0 radical (unpaired) electrons. The van der Waals surface area contributed by atoms with Gasteiger partial charge in [-0.15, -0.1) is 0 Å². The largest absolute Gasteiger partial charge is 0.376 e. The molecule has 0 spiro atoms. The predicted molar refractivity (Wildman–Crippen MR) is 82.1 cm³/mol. The Morgan fingerprint density at radius 1 is 1.45 bits per heavy atom. The Balaban J connectivity index is 1.65. The van der Waals surface area contributed by atoms with Crippen LogP contribution >= 0.6 is 0 Å². The summed E-state index contributed by atoms with van der Waals surface area (Å²) in [6, 6.07) is 5.56. The van der Waals surface area contributed by atoms with Crippen molar-refractivity contribution in [3.63, 3.8) is 0 Å². The van der Waals surface area contributed by atoms with E-state index in [1.807, 2.05) is 19.9 Å². The highest BCUT2D eigenvalue weighted by Crippen LogP contribution is 2.12. The first-order valence-electron chi connectivity index (χ1n) is 7.53. The van der Waals surface area contributed by atoms with Crippen LogP contribution in [0, 0.1) is 13.8 Å². The Bertz CT molecular complexity index is 657. The summed E-state index contributed by atoms with van der Waals surface area (Å²) in [7, 11) is 0. The van der Waals surface area contributed by atoms with Gasteiger partial charge in [0.15, 0.2) is 5.82 Å². The zero-order valence-corrected chi connectivity index (χ0v) is 12.9. The second-order valence-corrected chi connectivity index (χ2v) is 5.59. The molecule has 0 saturated carbocycles. The maximum absolute atomic E-state index is 12.1. The molecule has 2 aromatic heterocycles. The number of amides is 1. The van der Waals surface area contributed by atoms with E-state index in [-0.39, 0.29) is 12.0 Å². The molecule has 1 aliphatic heterocycles. The summed E-state index contributed by atoms with van der Waals surface area (Å²) in [5.41, 5.74) is 2.50. The van der Waals surface area contributed by atoms with Crippen LogP contribution in [0.4, 0.5) is 0 Å². The van der Waals surface area contributed by atoms with E-state index in [0.29, 0.717) is 17.9 Å². The molecule has 1 atom stereocenters. The molecule has 1 fully saturated rings. The van der Waals surface area contributed by atoms with Crippen LogP contribution in [0.3, 0.4) is 0 Å². The fourth-order valence-corrected chi connectivity index (χ4v) is 2.62. The third-order valence-electron chi connectivity index (χ3n) is 3.75. The van der Waals surface area contributed by atoms with Gasteiger partial charge in [0.1, 0.15) is 0 Å². The van der Waals surface area contributed by atoms with Crippen molar-refractivity contribution in [1.82, 2.24) is 20.1 Å². The first-order valence-corrected chi connectivity index (χ1v) is 7.53. The second kappa shape index (κ2) is 6.27. The lowest BCUT2D eigenvalue weighted by Crippen LogP contribution is -2.31. The number of hydrogen-bond acceptors (Lipinski definition) is 4. The van der Waals surface area contributed by atoms with Crippen LogP contribution in [-0.2, 0) is 4.74 Å². The molecular weight excluding hydrogens is 280 g/mol. The zero-order valence-electron chi connectivity index (χ0n) is 12.9. The van der Waals surface area contributed by atoms with E-state index in [0.717, 1.165) is 30.8 Å². The summed E-state index contributed by atoms with van der Waals surface area (Å²) in [5, 5.41) is 7.27. The molecule has 1 N–H and O–H groups in total. The van der Waals surface area contributed by atoms with Gasteiger partial charge in [-0.25, -0.2) is 9.67 Å². The molecule has 0 unspecified atom stereocenters. The molecule has 6 nitrogen and oxygen atoms in total. The van der Waals surface area contributed by atoms with Crippen molar-refractivity contribution in [2.45, 2.75) is 32.8 Å². The van der Waals surface area contributed by atoms with Crippen LogP contribution in [0.25, 0.3) is 5.82 Å². The smallest absolute Gasteiger partial charge is 0.252 e. The maximum Gasteiger partial charge on any atom is 0.252 e. The Hall–Kier alpha value is -2.21. The van der Waals surface area contributed by atoms with Crippen molar-refractivity contribution in [2.75, 3.05) is 13.2 Å². The van der Waals surface area contributed by atoms with Crippen molar-refractivity contribution < 1.29 is 9.53 Å². The van der Waals surface area contributed by atoms with Crippen LogP contribution in [0.15, 0.2) is 24.4 Å². The lowest BCUT2D eigenvalue weighted by molar-refractivity contribution is 0.0857. The summed E-state index contributed by atoms with van der Waals surface area (Å²) in [6.45, 7) is 5.26. The summed E-state index contributed by atoms with van der Waals surface area (Å²) >= 11 is 0. The summed E-state index contributed by atoms with van der Waals surface area (Å²) in [5.74, 6) is 0.587. The minimum absolute atomic E-state index is 0.122. The average molecular weight is 300 g/mol. The number of nitrogens with one attached hydrogen (secondary N) is 1. The molecule has 0 aliphatic carbocycles. The summed E-state index contributed by atoms with van der Waals surface area (Å²) in [4.78, 5) is 16.4. The van der Waals surface area contributed by atoms with Gasteiger partial charge in [-0.1, -0.05) is 0 Å². The maximum atomic E-state index is 12.1. The summed E-state index contributed by atoms with van der Waals surface area (Å²) in [6.07, 6.45) is 3.80. The van der Waals surface area contributed by atoms with Gasteiger partial charge < -0.3 is 10.1 Å². The standard InChI is InChI=1S/C16H20N4O2/c1-11-8-12(2)20(19-11)15-6-5-13(9-17-15)16(21)18-10-14-4-3-7-22-14/h5-6,8-9,14H,3-4,7,10H2,1-2H3,(H,18,21)/t14-/m1/s1. The molecule has 1 amide bonds. The highest BCUT2D eigenvalue weighted by atomic mass is 16.5. The second-order valence-electron chi connectivity index (χ2n) is 5.59. The van der Waals surface area contributed by atoms with Gasteiger partial charge in [-0.05, 0) is 44.9 Å². The number of aromatic nitrogens is 3. The van der Waals surface area contributed by atoms with Crippen molar-refractivity contribution in [2.24, 2.45) is 0 Å². The minimum Gasteiger partial charge on any atom is -0.376 e. The number of hydrogen-bond donors (Lipinski definition) is 1. The van der Waals surface area contributed by atoms with E-state index in [4.69, 9.17) is 4.74 Å². The Morgan fingerprint density at radius 3 is 2.91 bits per heavy atom. The highest BCUT2D eigenvalue weighted by molar-refractivity contribution is 5.93. The third-order valence-corrected chi connectivity index (χ3v) is 3.75. The molecular formula is C16H20N4O2. The van der Waals surface area contributed by atoms with Crippen LogP contribution < -0.4 is 5.32 Å². The number of pyridine rings is 1. The molecule has 3 heterocycles. The SMILES string of the molecule is Cc1cc(C)n(-c2ccc(C(=O)NC[C@H]3CCCO3)cn2)n1.